The van der Waals surface area contributed by atoms with Crippen LogP contribution in [0.2, 0.25) is 0 Å². The third-order valence-corrected chi connectivity index (χ3v) is 7.68. The van der Waals surface area contributed by atoms with Crippen LogP contribution in [0.4, 0.5) is 0 Å². The number of rotatable bonds is 6. The Morgan fingerprint density at radius 2 is 1.35 bits per heavy atom. The SMILES string of the molecule is CC(C)c1cc(C(C)C)c(C(=O)Oc2ccc(S(=O)(=O)[O-])c3c2CCCCCC3)c(C(C)C)c1. The fourth-order valence-electron chi connectivity index (χ4n) is 4.83. The Balaban J connectivity index is 2.14. The van der Waals surface area contributed by atoms with Crippen LogP contribution in [-0.4, -0.2) is 18.9 Å². The second-order valence-electron chi connectivity index (χ2n) is 10.3. The number of ether oxygens (including phenoxy) is 1. The van der Waals surface area contributed by atoms with Gasteiger partial charge in [-0.25, -0.2) is 13.2 Å². The number of esters is 1. The second-order valence-corrected chi connectivity index (χ2v) is 11.7. The van der Waals surface area contributed by atoms with Crippen LogP contribution in [0.15, 0.2) is 29.2 Å². The van der Waals surface area contributed by atoms with Gasteiger partial charge in [-0.15, -0.1) is 0 Å². The summed E-state index contributed by atoms with van der Waals surface area (Å²) >= 11 is 0. The summed E-state index contributed by atoms with van der Waals surface area (Å²) < 4.78 is 41.8. The summed E-state index contributed by atoms with van der Waals surface area (Å²) in [7, 11) is -4.61. The van der Waals surface area contributed by atoms with Crippen LogP contribution in [0.1, 0.15) is 123 Å². The van der Waals surface area contributed by atoms with Gasteiger partial charge in [-0.2, -0.15) is 0 Å². The van der Waals surface area contributed by atoms with Crippen LogP contribution in [0.25, 0.3) is 0 Å². The Labute approximate surface area is 204 Å². The van der Waals surface area contributed by atoms with Crippen molar-refractivity contribution >= 4 is 16.1 Å². The summed E-state index contributed by atoms with van der Waals surface area (Å²) in [5.41, 5.74) is 4.90. The van der Waals surface area contributed by atoms with Gasteiger partial charge in [0, 0.05) is 0 Å². The monoisotopic (exact) mass is 485 g/mol. The summed E-state index contributed by atoms with van der Waals surface area (Å²) in [5, 5.41) is 0. The van der Waals surface area contributed by atoms with Gasteiger partial charge in [-0.05, 0) is 83.4 Å². The molecule has 6 heteroatoms. The van der Waals surface area contributed by atoms with Crippen molar-refractivity contribution in [3.8, 4) is 5.75 Å². The van der Waals surface area contributed by atoms with Gasteiger partial charge >= 0.3 is 5.97 Å². The predicted octanol–water partition coefficient (Wildman–Crippen LogP) is 6.84. The molecule has 0 fully saturated rings. The lowest BCUT2D eigenvalue weighted by molar-refractivity contribution is 0.0729. The van der Waals surface area contributed by atoms with Gasteiger partial charge in [0.05, 0.1) is 10.5 Å². The summed E-state index contributed by atoms with van der Waals surface area (Å²) in [6.45, 7) is 12.6. The predicted molar refractivity (Wildman–Crippen MR) is 134 cm³/mol. The van der Waals surface area contributed by atoms with Crippen molar-refractivity contribution in [3.05, 3.63) is 57.6 Å². The van der Waals surface area contributed by atoms with E-state index in [9.17, 15) is 17.8 Å². The Bertz CT molecular complexity index is 1130. The summed E-state index contributed by atoms with van der Waals surface area (Å²) in [5.74, 6) is 0.539. The molecule has 0 unspecified atom stereocenters. The quantitative estimate of drug-likeness (QED) is 0.254. The Morgan fingerprint density at radius 1 is 0.824 bits per heavy atom. The molecule has 0 aromatic heterocycles. The van der Waals surface area contributed by atoms with E-state index in [2.05, 4.69) is 53.7 Å². The van der Waals surface area contributed by atoms with E-state index in [0.717, 1.165) is 36.8 Å². The van der Waals surface area contributed by atoms with Crippen molar-refractivity contribution in [2.75, 3.05) is 0 Å². The lowest BCUT2D eigenvalue weighted by Gasteiger charge is -2.24. The van der Waals surface area contributed by atoms with Crippen molar-refractivity contribution in [3.63, 3.8) is 0 Å². The first-order valence-corrected chi connectivity index (χ1v) is 13.8. The van der Waals surface area contributed by atoms with Gasteiger partial charge in [0.1, 0.15) is 15.9 Å². The molecule has 0 bridgehead atoms. The molecule has 0 saturated heterocycles. The van der Waals surface area contributed by atoms with E-state index in [4.69, 9.17) is 4.74 Å². The number of benzene rings is 2. The van der Waals surface area contributed by atoms with E-state index in [0.29, 0.717) is 41.2 Å². The zero-order valence-corrected chi connectivity index (χ0v) is 22.1. The Kier molecular flexibility index (Phi) is 8.25. The van der Waals surface area contributed by atoms with Gasteiger partial charge in [0.25, 0.3) is 0 Å². The van der Waals surface area contributed by atoms with E-state index in [1.165, 1.54) is 17.7 Å². The molecule has 0 radical (unpaired) electrons. The normalized spacial score (nSPS) is 14.8. The minimum Gasteiger partial charge on any atom is -0.744 e. The highest BCUT2D eigenvalue weighted by molar-refractivity contribution is 7.85. The van der Waals surface area contributed by atoms with E-state index in [1.807, 2.05) is 0 Å². The van der Waals surface area contributed by atoms with Gasteiger partial charge in [0.2, 0.25) is 0 Å². The molecule has 3 rings (SSSR count). The zero-order valence-electron chi connectivity index (χ0n) is 21.2. The molecule has 0 heterocycles. The van der Waals surface area contributed by atoms with Crippen molar-refractivity contribution in [2.24, 2.45) is 0 Å². The van der Waals surface area contributed by atoms with Crippen LogP contribution in [-0.2, 0) is 23.0 Å². The Morgan fingerprint density at radius 3 is 1.82 bits per heavy atom. The van der Waals surface area contributed by atoms with Gasteiger partial charge in [-0.1, -0.05) is 66.5 Å². The maximum Gasteiger partial charge on any atom is 0.344 e. The van der Waals surface area contributed by atoms with Crippen molar-refractivity contribution in [2.45, 2.75) is 103 Å². The average Bonchev–Trinajstić information content (AvgIpc) is 2.72. The van der Waals surface area contributed by atoms with Crippen molar-refractivity contribution in [1.29, 1.82) is 0 Å². The molecule has 0 saturated carbocycles. The molecule has 0 atom stereocenters. The lowest BCUT2D eigenvalue weighted by Crippen LogP contribution is -2.19. The molecular weight excluding hydrogens is 448 g/mol. The van der Waals surface area contributed by atoms with E-state index >= 15 is 0 Å². The summed E-state index contributed by atoms with van der Waals surface area (Å²) in [6, 6.07) is 7.00. The number of fused-ring (bicyclic) bond motifs is 1. The largest absolute Gasteiger partial charge is 0.744 e. The maximum absolute atomic E-state index is 13.7. The smallest absolute Gasteiger partial charge is 0.344 e. The van der Waals surface area contributed by atoms with Crippen molar-refractivity contribution < 1.29 is 22.5 Å². The van der Waals surface area contributed by atoms with Gasteiger partial charge in [0.15, 0.2) is 0 Å². The standard InChI is InChI=1S/C28H38O5S/c1-17(2)20-15-23(18(3)4)27(24(16-20)19(5)6)28(29)33-25-13-14-26(34(30,31)32)22-12-10-8-7-9-11-21(22)25/h13-19H,7-12H2,1-6H3,(H,30,31,32)/p-1. The van der Waals surface area contributed by atoms with Gasteiger partial charge < -0.3 is 9.29 Å². The first kappa shape index (κ1) is 26.4. The molecule has 1 aliphatic carbocycles. The highest BCUT2D eigenvalue weighted by Crippen LogP contribution is 2.36. The number of hydrogen-bond acceptors (Lipinski definition) is 5. The topological polar surface area (TPSA) is 83.5 Å². The maximum atomic E-state index is 13.7. The Hall–Kier alpha value is -2.18. The van der Waals surface area contributed by atoms with E-state index < -0.39 is 16.1 Å². The lowest BCUT2D eigenvalue weighted by atomic mass is 9.84. The number of carbonyl (C=O) groups excluding carboxylic acids is 1. The van der Waals surface area contributed by atoms with E-state index in [-0.39, 0.29) is 16.7 Å². The molecule has 0 amide bonds. The summed E-state index contributed by atoms with van der Waals surface area (Å²) in [4.78, 5) is 13.5. The van der Waals surface area contributed by atoms with Crippen LogP contribution in [0, 0.1) is 0 Å². The molecule has 0 N–H and O–H groups in total. The van der Waals surface area contributed by atoms with Crippen LogP contribution < -0.4 is 4.74 Å². The molecule has 186 valence electrons. The van der Waals surface area contributed by atoms with Crippen LogP contribution in [0.3, 0.4) is 0 Å². The average molecular weight is 486 g/mol. The molecular formula is C28H37O5S-. The fourth-order valence-corrected chi connectivity index (χ4v) is 5.59. The first-order valence-electron chi connectivity index (χ1n) is 12.4. The number of hydrogen-bond donors (Lipinski definition) is 0. The minimum atomic E-state index is -4.61. The molecule has 2 aromatic carbocycles. The highest BCUT2D eigenvalue weighted by atomic mass is 32.2. The third-order valence-electron chi connectivity index (χ3n) is 6.76. The zero-order chi connectivity index (χ0) is 25.2. The second kappa shape index (κ2) is 10.6. The fraction of sp³-hybridized carbons (Fsp3) is 0.536. The molecule has 1 aliphatic rings. The van der Waals surface area contributed by atoms with Crippen molar-refractivity contribution in [1.82, 2.24) is 0 Å². The molecule has 5 nitrogen and oxygen atoms in total. The first-order chi connectivity index (χ1) is 15.9. The van der Waals surface area contributed by atoms with Gasteiger partial charge in [-0.3, -0.25) is 0 Å². The molecule has 2 aromatic rings. The van der Waals surface area contributed by atoms with E-state index in [1.54, 1.807) is 0 Å². The summed E-state index contributed by atoms with van der Waals surface area (Å²) in [6.07, 6.45) is 4.75. The van der Waals surface area contributed by atoms with Crippen LogP contribution in [0.5, 0.6) is 5.75 Å². The number of carbonyl (C=O) groups is 1. The molecule has 0 aliphatic heterocycles. The molecule has 34 heavy (non-hydrogen) atoms. The van der Waals surface area contributed by atoms with Crippen LogP contribution >= 0.6 is 0 Å². The minimum absolute atomic E-state index is 0.132. The molecule has 0 spiro atoms. The third kappa shape index (κ3) is 5.72. The highest BCUT2D eigenvalue weighted by Gasteiger charge is 2.26.